The minimum atomic E-state index is -0.601. The van der Waals surface area contributed by atoms with Crippen LogP contribution >= 0.6 is 11.6 Å². The second-order valence-electron chi connectivity index (χ2n) is 6.25. The van der Waals surface area contributed by atoms with E-state index in [0.29, 0.717) is 17.6 Å². The Morgan fingerprint density at radius 1 is 1.43 bits per heavy atom. The molecule has 1 fully saturated rings. The van der Waals surface area contributed by atoms with E-state index in [1.54, 1.807) is 0 Å². The Morgan fingerprint density at radius 2 is 2.14 bits per heavy atom. The number of carbonyl (C=O) groups is 1. The average Bonchev–Trinajstić information content (AvgIpc) is 2.40. The maximum atomic E-state index is 12.2. The van der Waals surface area contributed by atoms with Crippen molar-refractivity contribution in [3.8, 4) is 0 Å². The first-order valence-corrected chi connectivity index (χ1v) is 7.78. The number of halogens is 1. The molecular formula is C16H24ClN3O. The first-order chi connectivity index (χ1) is 9.84. The van der Waals surface area contributed by atoms with E-state index >= 15 is 0 Å². The van der Waals surface area contributed by atoms with Crippen LogP contribution in [0.4, 0.5) is 5.69 Å². The normalized spacial score (nSPS) is 18.0. The minimum absolute atomic E-state index is 0.0384. The summed E-state index contributed by atoms with van der Waals surface area (Å²) < 4.78 is 0. The lowest BCUT2D eigenvalue weighted by Crippen LogP contribution is -2.62. The van der Waals surface area contributed by atoms with Crippen molar-refractivity contribution in [3.63, 3.8) is 0 Å². The second-order valence-corrected chi connectivity index (χ2v) is 6.66. The molecule has 5 heteroatoms. The Labute approximate surface area is 131 Å². The van der Waals surface area contributed by atoms with E-state index in [4.69, 9.17) is 11.6 Å². The van der Waals surface area contributed by atoms with E-state index in [9.17, 15) is 4.79 Å². The number of nitrogens with zero attached hydrogens (tertiary/aromatic N) is 1. The Bertz CT molecular complexity index is 528. The van der Waals surface area contributed by atoms with Crippen LogP contribution in [0.15, 0.2) is 18.2 Å². The van der Waals surface area contributed by atoms with Gasteiger partial charge in [0.05, 0.1) is 10.7 Å². The second kappa shape index (κ2) is 6.24. The zero-order valence-corrected chi connectivity index (χ0v) is 13.9. The molecule has 0 unspecified atom stereocenters. The Morgan fingerprint density at radius 3 is 2.81 bits per heavy atom. The SMILES string of the molecule is CC(C)NCc1cccc(Cl)c1N1CCNC(=O)C1(C)C. The summed E-state index contributed by atoms with van der Waals surface area (Å²) >= 11 is 6.45. The molecule has 116 valence electrons. The van der Waals surface area contributed by atoms with Crippen molar-refractivity contribution in [2.75, 3.05) is 18.0 Å². The van der Waals surface area contributed by atoms with Crippen LogP contribution in [0, 0.1) is 0 Å². The fourth-order valence-electron chi connectivity index (χ4n) is 2.61. The highest BCUT2D eigenvalue weighted by molar-refractivity contribution is 6.33. The molecule has 4 nitrogen and oxygen atoms in total. The third kappa shape index (κ3) is 3.33. The van der Waals surface area contributed by atoms with E-state index in [1.807, 2.05) is 26.0 Å². The topological polar surface area (TPSA) is 44.4 Å². The molecule has 0 bridgehead atoms. The standard InChI is InChI=1S/C16H24ClN3O/c1-11(2)19-10-12-6-5-7-13(17)14(12)20-9-8-18-15(21)16(20,3)4/h5-7,11,19H,8-10H2,1-4H3,(H,18,21). The Balaban J connectivity index is 2.39. The molecule has 2 N–H and O–H groups in total. The van der Waals surface area contributed by atoms with Crippen LogP contribution < -0.4 is 15.5 Å². The first kappa shape index (κ1) is 16.1. The molecule has 1 aromatic carbocycles. The molecule has 0 atom stereocenters. The lowest BCUT2D eigenvalue weighted by Gasteiger charge is -2.44. The highest BCUT2D eigenvalue weighted by Gasteiger charge is 2.39. The average molecular weight is 310 g/mol. The summed E-state index contributed by atoms with van der Waals surface area (Å²) in [6, 6.07) is 6.31. The third-order valence-electron chi connectivity index (χ3n) is 3.89. The number of para-hydroxylation sites is 1. The van der Waals surface area contributed by atoms with E-state index in [2.05, 4.69) is 35.4 Å². The summed E-state index contributed by atoms with van der Waals surface area (Å²) in [5, 5.41) is 7.04. The number of amides is 1. The predicted molar refractivity (Wildman–Crippen MR) is 87.9 cm³/mol. The van der Waals surface area contributed by atoms with Crippen LogP contribution in [0.5, 0.6) is 0 Å². The van der Waals surface area contributed by atoms with Gasteiger partial charge in [-0.05, 0) is 25.5 Å². The van der Waals surface area contributed by atoms with E-state index in [0.717, 1.165) is 24.3 Å². The highest BCUT2D eigenvalue weighted by Crippen LogP contribution is 2.35. The summed E-state index contributed by atoms with van der Waals surface area (Å²) in [4.78, 5) is 14.3. The van der Waals surface area contributed by atoms with Gasteiger partial charge in [0.1, 0.15) is 5.54 Å². The molecular weight excluding hydrogens is 286 g/mol. The minimum Gasteiger partial charge on any atom is -0.354 e. The van der Waals surface area contributed by atoms with E-state index < -0.39 is 5.54 Å². The van der Waals surface area contributed by atoms with Gasteiger partial charge >= 0.3 is 0 Å². The van der Waals surface area contributed by atoms with Crippen molar-refractivity contribution in [2.45, 2.75) is 45.8 Å². The smallest absolute Gasteiger partial charge is 0.245 e. The molecule has 0 spiro atoms. The fourth-order valence-corrected chi connectivity index (χ4v) is 2.91. The van der Waals surface area contributed by atoms with Gasteiger partial charge in [-0.1, -0.05) is 37.6 Å². The number of piperazine rings is 1. The van der Waals surface area contributed by atoms with Crippen molar-refractivity contribution in [2.24, 2.45) is 0 Å². The van der Waals surface area contributed by atoms with Gasteiger partial charge in [-0.2, -0.15) is 0 Å². The van der Waals surface area contributed by atoms with Crippen LogP contribution in [-0.2, 0) is 11.3 Å². The molecule has 0 aliphatic carbocycles. The third-order valence-corrected chi connectivity index (χ3v) is 4.20. The number of hydrogen-bond acceptors (Lipinski definition) is 3. The van der Waals surface area contributed by atoms with Gasteiger partial charge in [0.15, 0.2) is 0 Å². The maximum absolute atomic E-state index is 12.2. The first-order valence-electron chi connectivity index (χ1n) is 7.40. The van der Waals surface area contributed by atoms with Crippen molar-refractivity contribution >= 4 is 23.2 Å². The van der Waals surface area contributed by atoms with Crippen LogP contribution in [-0.4, -0.2) is 30.6 Å². The molecule has 0 saturated carbocycles. The zero-order valence-electron chi connectivity index (χ0n) is 13.2. The van der Waals surface area contributed by atoms with Crippen molar-refractivity contribution in [3.05, 3.63) is 28.8 Å². The fraction of sp³-hybridized carbons (Fsp3) is 0.562. The molecule has 1 heterocycles. The molecule has 21 heavy (non-hydrogen) atoms. The number of anilines is 1. The molecule has 1 aliphatic rings. The van der Waals surface area contributed by atoms with Crippen LogP contribution in [0.25, 0.3) is 0 Å². The highest BCUT2D eigenvalue weighted by atomic mass is 35.5. The molecule has 1 amide bonds. The van der Waals surface area contributed by atoms with Gasteiger partial charge < -0.3 is 15.5 Å². The number of hydrogen-bond donors (Lipinski definition) is 2. The lowest BCUT2D eigenvalue weighted by molar-refractivity contribution is -0.126. The van der Waals surface area contributed by atoms with E-state index in [-0.39, 0.29) is 5.91 Å². The van der Waals surface area contributed by atoms with Crippen molar-refractivity contribution in [1.29, 1.82) is 0 Å². The molecule has 0 radical (unpaired) electrons. The van der Waals surface area contributed by atoms with Gasteiger partial charge in [-0.25, -0.2) is 0 Å². The van der Waals surface area contributed by atoms with Gasteiger partial charge in [-0.15, -0.1) is 0 Å². The van der Waals surface area contributed by atoms with Gasteiger partial charge in [-0.3, -0.25) is 4.79 Å². The molecule has 2 rings (SSSR count). The van der Waals surface area contributed by atoms with Crippen LogP contribution in [0.3, 0.4) is 0 Å². The van der Waals surface area contributed by atoms with Crippen molar-refractivity contribution in [1.82, 2.24) is 10.6 Å². The van der Waals surface area contributed by atoms with Crippen molar-refractivity contribution < 1.29 is 4.79 Å². The van der Waals surface area contributed by atoms with Gasteiger partial charge in [0, 0.05) is 25.7 Å². The quantitative estimate of drug-likeness (QED) is 0.898. The van der Waals surface area contributed by atoms with Gasteiger partial charge in [0.25, 0.3) is 0 Å². The van der Waals surface area contributed by atoms with Gasteiger partial charge in [0.2, 0.25) is 5.91 Å². The number of benzene rings is 1. The summed E-state index contributed by atoms with van der Waals surface area (Å²) in [6.45, 7) is 10.2. The maximum Gasteiger partial charge on any atom is 0.245 e. The molecule has 1 aliphatic heterocycles. The zero-order chi connectivity index (χ0) is 15.6. The summed E-state index contributed by atoms with van der Waals surface area (Å²) in [6.07, 6.45) is 0. The van der Waals surface area contributed by atoms with Crippen LogP contribution in [0.2, 0.25) is 5.02 Å². The largest absolute Gasteiger partial charge is 0.354 e. The lowest BCUT2D eigenvalue weighted by atomic mass is 9.96. The number of carbonyl (C=O) groups excluding carboxylic acids is 1. The number of rotatable bonds is 4. The molecule has 1 aromatic rings. The molecule has 1 saturated heterocycles. The Hall–Kier alpha value is -1.26. The Kier molecular flexibility index (Phi) is 4.79. The van der Waals surface area contributed by atoms with E-state index in [1.165, 1.54) is 0 Å². The summed E-state index contributed by atoms with van der Waals surface area (Å²) in [5.41, 5.74) is 1.49. The van der Waals surface area contributed by atoms with Crippen LogP contribution in [0.1, 0.15) is 33.3 Å². The predicted octanol–water partition coefficient (Wildman–Crippen LogP) is 2.55. The number of nitrogens with one attached hydrogen (secondary N) is 2. The summed E-state index contributed by atoms with van der Waals surface area (Å²) in [7, 11) is 0. The molecule has 0 aromatic heterocycles. The summed E-state index contributed by atoms with van der Waals surface area (Å²) in [5.74, 6) is 0.0384. The monoisotopic (exact) mass is 309 g/mol.